The summed E-state index contributed by atoms with van der Waals surface area (Å²) in [5.74, 6) is 0.883. The van der Waals surface area contributed by atoms with Crippen molar-refractivity contribution < 1.29 is 9.53 Å². The number of rotatable bonds is 10. The third-order valence-corrected chi connectivity index (χ3v) is 5.61. The Balaban J connectivity index is 1.50. The van der Waals surface area contributed by atoms with Crippen molar-refractivity contribution in [2.24, 2.45) is 0 Å². The van der Waals surface area contributed by atoms with Gasteiger partial charge in [-0.3, -0.25) is 4.79 Å². The van der Waals surface area contributed by atoms with E-state index in [0.29, 0.717) is 18.1 Å². The molecule has 2 aromatic carbocycles. The molecule has 0 fully saturated rings. The lowest BCUT2D eigenvalue weighted by Gasteiger charge is -2.26. The third-order valence-electron chi connectivity index (χ3n) is 5.31. The zero-order valence-corrected chi connectivity index (χ0v) is 17.4. The summed E-state index contributed by atoms with van der Waals surface area (Å²) in [6, 6.07) is 13.4. The normalized spacial score (nSPS) is 15.8. The van der Waals surface area contributed by atoms with E-state index in [1.54, 1.807) is 0 Å². The van der Waals surface area contributed by atoms with Gasteiger partial charge in [0.25, 0.3) is 0 Å². The zero-order valence-electron chi connectivity index (χ0n) is 16.7. The fraction of sp³-hybridized carbons (Fsp3) is 0.458. The summed E-state index contributed by atoms with van der Waals surface area (Å²) in [7, 11) is 0. The van der Waals surface area contributed by atoms with Crippen LogP contribution in [0.2, 0.25) is 5.02 Å². The van der Waals surface area contributed by atoms with Crippen LogP contribution in [0, 0.1) is 0 Å². The smallest absolute Gasteiger partial charge is 0.167 e. The predicted octanol–water partition coefficient (Wildman–Crippen LogP) is 7.21. The Morgan fingerprint density at radius 3 is 2.57 bits per heavy atom. The van der Waals surface area contributed by atoms with E-state index in [-0.39, 0.29) is 11.8 Å². The van der Waals surface area contributed by atoms with Gasteiger partial charge >= 0.3 is 0 Å². The number of hydrogen-bond acceptors (Lipinski definition) is 3. The van der Waals surface area contributed by atoms with E-state index >= 15 is 0 Å². The lowest BCUT2D eigenvalue weighted by molar-refractivity contribution is 0.0972. The number of benzene rings is 2. The molecule has 4 heteroatoms. The van der Waals surface area contributed by atoms with E-state index in [1.165, 1.54) is 38.5 Å². The lowest BCUT2D eigenvalue weighted by atomic mass is 9.92. The fourth-order valence-corrected chi connectivity index (χ4v) is 3.92. The minimum atomic E-state index is -0.0583. The van der Waals surface area contributed by atoms with E-state index in [2.05, 4.69) is 12.2 Å². The van der Waals surface area contributed by atoms with E-state index in [9.17, 15) is 4.79 Å². The lowest BCUT2D eigenvalue weighted by Crippen LogP contribution is -2.22. The largest absolute Gasteiger partial charge is 0.492 e. The third kappa shape index (κ3) is 5.51. The topological polar surface area (TPSA) is 38.3 Å². The first-order chi connectivity index (χ1) is 13.7. The molecule has 0 spiro atoms. The van der Waals surface area contributed by atoms with Crippen LogP contribution in [0.25, 0.3) is 0 Å². The Morgan fingerprint density at radius 2 is 1.79 bits per heavy atom. The van der Waals surface area contributed by atoms with Crippen LogP contribution in [-0.4, -0.2) is 12.4 Å². The highest BCUT2D eigenvalue weighted by atomic mass is 35.5. The molecule has 0 bridgehead atoms. The molecular formula is C24H30ClNO2. The van der Waals surface area contributed by atoms with Crippen molar-refractivity contribution in [2.75, 3.05) is 11.9 Å². The minimum absolute atomic E-state index is 0.0583. The first-order valence-corrected chi connectivity index (χ1v) is 10.9. The number of halogens is 1. The molecule has 0 aliphatic carbocycles. The molecular weight excluding hydrogens is 370 g/mol. The van der Waals surface area contributed by atoms with E-state index in [0.717, 1.165) is 29.0 Å². The maximum absolute atomic E-state index is 12.4. The number of carbonyl (C=O) groups is 1. The van der Waals surface area contributed by atoms with E-state index in [1.807, 2.05) is 42.5 Å². The summed E-state index contributed by atoms with van der Waals surface area (Å²) < 4.78 is 5.86. The van der Waals surface area contributed by atoms with Gasteiger partial charge in [-0.15, -0.1) is 0 Å². The van der Waals surface area contributed by atoms with Gasteiger partial charge in [-0.25, -0.2) is 0 Å². The van der Waals surface area contributed by atoms with Crippen molar-refractivity contribution in [3.05, 3.63) is 58.6 Å². The second-order valence-electron chi connectivity index (χ2n) is 7.53. The van der Waals surface area contributed by atoms with Crippen LogP contribution in [-0.2, 0) is 0 Å². The summed E-state index contributed by atoms with van der Waals surface area (Å²) in [6.07, 6.45) is 9.25. The average molecular weight is 400 g/mol. The van der Waals surface area contributed by atoms with Gasteiger partial charge in [0.15, 0.2) is 5.78 Å². The van der Waals surface area contributed by atoms with Gasteiger partial charge in [0.1, 0.15) is 5.75 Å². The molecule has 1 unspecified atom stereocenters. The number of fused-ring (bicyclic) bond motifs is 1. The van der Waals surface area contributed by atoms with Crippen LogP contribution < -0.4 is 10.1 Å². The predicted molar refractivity (Wildman–Crippen MR) is 117 cm³/mol. The van der Waals surface area contributed by atoms with Crippen molar-refractivity contribution in [3.8, 4) is 5.75 Å². The number of ketones is 1. The molecule has 0 saturated heterocycles. The second kappa shape index (κ2) is 10.5. The number of Topliss-reactive ketones (excluding diaryl/α,β-unsaturated/α-hetero) is 1. The Bertz CT molecular complexity index is 790. The molecule has 1 N–H and O–H groups in total. The van der Waals surface area contributed by atoms with Gasteiger partial charge in [-0.1, -0.05) is 75.2 Å². The number of hydrogen-bond donors (Lipinski definition) is 1. The van der Waals surface area contributed by atoms with Crippen LogP contribution in [0.3, 0.4) is 0 Å². The molecule has 1 heterocycles. The van der Waals surface area contributed by atoms with Crippen LogP contribution >= 0.6 is 11.6 Å². The Morgan fingerprint density at radius 1 is 1.04 bits per heavy atom. The van der Waals surface area contributed by atoms with Crippen molar-refractivity contribution in [1.82, 2.24) is 0 Å². The molecule has 0 saturated carbocycles. The maximum Gasteiger partial charge on any atom is 0.167 e. The molecule has 1 aliphatic rings. The highest BCUT2D eigenvalue weighted by molar-refractivity contribution is 6.32. The average Bonchev–Trinajstić information content (AvgIpc) is 2.71. The summed E-state index contributed by atoms with van der Waals surface area (Å²) in [6.45, 7) is 2.93. The van der Waals surface area contributed by atoms with Crippen molar-refractivity contribution in [2.45, 2.75) is 64.3 Å². The Labute approximate surface area is 173 Å². The highest BCUT2D eigenvalue weighted by Crippen LogP contribution is 2.35. The second-order valence-corrected chi connectivity index (χ2v) is 7.94. The minimum Gasteiger partial charge on any atom is -0.492 e. The molecule has 28 heavy (non-hydrogen) atoms. The summed E-state index contributed by atoms with van der Waals surface area (Å²) in [5.41, 5.74) is 2.66. The SMILES string of the molecule is CCCCCCCCCOc1ccc(C2CC(=O)c3ccccc3N2)cc1Cl. The van der Waals surface area contributed by atoms with Crippen molar-refractivity contribution in [3.63, 3.8) is 0 Å². The van der Waals surface area contributed by atoms with Crippen LogP contribution in [0.5, 0.6) is 5.75 Å². The van der Waals surface area contributed by atoms with Gasteiger partial charge in [0.05, 0.1) is 17.7 Å². The molecule has 1 atom stereocenters. The van der Waals surface area contributed by atoms with E-state index in [4.69, 9.17) is 16.3 Å². The quantitative estimate of drug-likeness (QED) is 0.429. The van der Waals surface area contributed by atoms with Crippen LogP contribution in [0.1, 0.15) is 80.3 Å². The van der Waals surface area contributed by atoms with E-state index < -0.39 is 0 Å². The fourth-order valence-electron chi connectivity index (χ4n) is 3.68. The molecule has 0 radical (unpaired) electrons. The number of para-hydroxylation sites is 1. The van der Waals surface area contributed by atoms with Crippen LogP contribution in [0.4, 0.5) is 5.69 Å². The number of ether oxygens (including phenoxy) is 1. The molecule has 3 rings (SSSR count). The van der Waals surface area contributed by atoms with Gasteiger partial charge < -0.3 is 10.1 Å². The van der Waals surface area contributed by atoms with Gasteiger partial charge in [0.2, 0.25) is 0 Å². The number of nitrogens with one attached hydrogen (secondary N) is 1. The first kappa shape index (κ1) is 20.7. The summed E-state index contributed by atoms with van der Waals surface area (Å²) in [5, 5.41) is 4.06. The Hall–Kier alpha value is -2.00. The van der Waals surface area contributed by atoms with Gasteiger partial charge in [0, 0.05) is 17.7 Å². The Kier molecular flexibility index (Phi) is 7.79. The molecule has 3 nitrogen and oxygen atoms in total. The number of anilines is 1. The van der Waals surface area contributed by atoms with Gasteiger partial charge in [-0.2, -0.15) is 0 Å². The molecule has 150 valence electrons. The first-order valence-electron chi connectivity index (χ1n) is 10.5. The standard InChI is InChI=1S/C24H30ClNO2/c1-2-3-4-5-6-7-10-15-28-24-14-13-18(16-20(24)25)22-17-23(27)19-11-8-9-12-21(19)26-22/h8-9,11-14,16,22,26H,2-7,10,15,17H2,1H3. The molecule has 1 aliphatic heterocycles. The molecule has 2 aromatic rings. The summed E-state index contributed by atoms with van der Waals surface area (Å²) in [4.78, 5) is 12.4. The van der Waals surface area contributed by atoms with Crippen molar-refractivity contribution >= 4 is 23.1 Å². The molecule has 0 aromatic heterocycles. The molecule has 0 amide bonds. The number of unbranched alkanes of at least 4 members (excludes halogenated alkanes) is 6. The maximum atomic E-state index is 12.4. The monoisotopic (exact) mass is 399 g/mol. The number of carbonyl (C=O) groups excluding carboxylic acids is 1. The summed E-state index contributed by atoms with van der Waals surface area (Å²) >= 11 is 6.44. The van der Waals surface area contributed by atoms with Gasteiger partial charge in [-0.05, 0) is 36.2 Å². The zero-order chi connectivity index (χ0) is 19.8. The van der Waals surface area contributed by atoms with Crippen LogP contribution in [0.15, 0.2) is 42.5 Å². The highest BCUT2D eigenvalue weighted by Gasteiger charge is 2.25. The van der Waals surface area contributed by atoms with Crippen molar-refractivity contribution in [1.29, 1.82) is 0 Å².